The Hall–Kier alpha value is -3.93. The molecule has 0 unspecified atom stereocenters. The van der Waals surface area contributed by atoms with Gasteiger partial charge in [0.15, 0.2) is 23.9 Å². The van der Waals surface area contributed by atoms with Gasteiger partial charge in [-0.3, -0.25) is 4.79 Å². The predicted octanol–water partition coefficient (Wildman–Crippen LogP) is 4.98. The molecule has 1 aromatic heterocycles. The summed E-state index contributed by atoms with van der Waals surface area (Å²) in [5.41, 5.74) is 3.29. The number of benzene rings is 3. The predicted molar refractivity (Wildman–Crippen MR) is 113 cm³/mol. The summed E-state index contributed by atoms with van der Waals surface area (Å²) in [6.07, 6.45) is 0. The Labute approximate surface area is 174 Å². The van der Waals surface area contributed by atoms with E-state index in [-0.39, 0.29) is 12.4 Å². The lowest BCUT2D eigenvalue weighted by atomic mass is 10.1. The second-order valence-electron chi connectivity index (χ2n) is 6.74. The monoisotopic (exact) mass is 400 g/mol. The van der Waals surface area contributed by atoms with Gasteiger partial charge in [0.25, 0.3) is 5.89 Å². The highest BCUT2D eigenvalue weighted by atomic mass is 16.5. The molecule has 0 spiro atoms. The fourth-order valence-corrected chi connectivity index (χ4v) is 3.01. The van der Waals surface area contributed by atoms with E-state index in [1.807, 2.05) is 49.4 Å². The van der Waals surface area contributed by atoms with Crippen molar-refractivity contribution < 1.29 is 18.8 Å². The SMILES string of the molecule is COc1cc(-c2noc(-c3cccc(C)c3)n2)ccc1OCC(=O)c1ccccc1. The molecule has 0 N–H and O–H groups in total. The standard InChI is InChI=1S/C24H20N2O4/c1-16-7-6-10-19(13-16)24-25-23(26-30-24)18-11-12-21(22(14-18)28-2)29-15-20(27)17-8-4-3-5-9-17/h3-14H,15H2,1-2H3. The van der Waals surface area contributed by atoms with Gasteiger partial charge in [0, 0.05) is 16.7 Å². The van der Waals surface area contributed by atoms with Crippen molar-refractivity contribution >= 4 is 5.78 Å². The fourth-order valence-electron chi connectivity index (χ4n) is 3.01. The summed E-state index contributed by atoms with van der Waals surface area (Å²) in [4.78, 5) is 16.8. The molecule has 0 atom stereocenters. The van der Waals surface area contributed by atoms with Crippen molar-refractivity contribution in [2.24, 2.45) is 0 Å². The third kappa shape index (κ3) is 4.22. The number of rotatable bonds is 7. The van der Waals surface area contributed by atoms with Crippen molar-refractivity contribution in [2.45, 2.75) is 6.92 Å². The molecule has 4 rings (SSSR count). The zero-order valence-corrected chi connectivity index (χ0v) is 16.7. The molecule has 0 aliphatic rings. The number of carbonyl (C=O) groups is 1. The van der Waals surface area contributed by atoms with Crippen LogP contribution >= 0.6 is 0 Å². The molecule has 6 heteroatoms. The molecule has 4 aromatic rings. The van der Waals surface area contributed by atoms with Crippen molar-refractivity contribution in [3.63, 3.8) is 0 Å². The van der Waals surface area contributed by atoms with Gasteiger partial charge in [-0.15, -0.1) is 0 Å². The highest BCUT2D eigenvalue weighted by molar-refractivity contribution is 5.97. The number of nitrogens with zero attached hydrogens (tertiary/aromatic N) is 2. The molecular formula is C24H20N2O4. The van der Waals surface area contributed by atoms with Crippen LogP contribution in [0.4, 0.5) is 0 Å². The summed E-state index contributed by atoms with van der Waals surface area (Å²) in [5.74, 6) is 1.73. The van der Waals surface area contributed by atoms with Crippen molar-refractivity contribution in [1.82, 2.24) is 10.1 Å². The molecule has 0 aliphatic heterocycles. The smallest absolute Gasteiger partial charge is 0.258 e. The zero-order chi connectivity index (χ0) is 20.9. The lowest BCUT2D eigenvalue weighted by Crippen LogP contribution is -2.11. The summed E-state index contributed by atoms with van der Waals surface area (Å²) in [7, 11) is 1.54. The summed E-state index contributed by atoms with van der Waals surface area (Å²) < 4.78 is 16.5. The quantitative estimate of drug-likeness (QED) is 0.407. The Balaban J connectivity index is 1.52. The van der Waals surface area contributed by atoms with Gasteiger partial charge >= 0.3 is 0 Å². The third-order valence-electron chi connectivity index (χ3n) is 4.57. The molecular weight excluding hydrogens is 380 g/mol. The molecule has 0 radical (unpaired) electrons. The second-order valence-corrected chi connectivity index (χ2v) is 6.74. The molecule has 0 saturated carbocycles. The van der Waals surface area contributed by atoms with Crippen LogP contribution in [0, 0.1) is 6.92 Å². The van der Waals surface area contributed by atoms with Gasteiger partial charge in [-0.2, -0.15) is 4.98 Å². The van der Waals surface area contributed by atoms with E-state index < -0.39 is 0 Å². The summed E-state index contributed by atoms with van der Waals surface area (Å²) in [6.45, 7) is 1.92. The molecule has 0 saturated heterocycles. The maximum Gasteiger partial charge on any atom is 0.258 e. The van der Waals surface area contributed by atoms with Gasteiger partial charge in [-0.25, -0.2) is 0 Å². The molecule has 3 aromatic carbocycles. The molecule has 0 aliphatic carbocycles. The van der Waals surface area contributed by atoms with E-state index in [1.165, 1.54) is 0 Å². The average Bonchev–Trinajstić information content (AvgIpc) is 3.28. The molecule has 0 bridgehead atoms. The van der Waals surface area contributed by atoms with E-state index >= 15 is 0 Å². The number of hydrogen-bond acceptors (Lipinski definition) is 6. The lowest BCUT2D eigenvalue weighted by Gasteiger charge is -2.11. The number of Topliss-reactive ketones (excluding diaryl/α,β-unsaturated/α-hetero) is 1. The van der Waals surface area contributed by atoms with Crippen molar-refractivity contribution in [3.05, 3.63) is 83.9 Å². The molecule has 0 fully saturated rings. The van der Waals surface area contributed by atoms with Crippen LogP contribution in [-0.4, -0.2) is 29.6 Å². The summed E-state index contributed by atoms with van der Waals surface area (Å²) in [5, 5.41) is 4.07. The largest absolute Gasteiger partial charge is 0.493 e. The van der Waals surface area contributed by atoms with Gasteiger partial charge in [0.2, 0.25) is 5.82 Å². The number of aryl methyl sites for hydroxylation is 1. The third-order valence-corrected chi connectivity index (χ3v) is 4.57. The first-order valence-corrected chi connectivity index (χ1v) is 9.44. The number of carbonyl (C=O) groups excluding carboxylic acids is 1. The normalized spacial score (nSPS) is 10.6. The lowest BCUT2D eigenvalue weighted by molar-refractivity contribution is 0.0919. The van der Waals surface area contributed by atoms with Crippen LogP contribution < -0.4 is 9.47 Å². The maximum atomic E-state index is 12.3. The molecule has 1 heterocycles. The highest BCUT2D eigenvalue weighted by Gasteiger charge is 2.15. The fraction of sp³-hybridized carbons (Fsp3) is 0.125. The van der Waals surface area contributed by atoms with Crippen LogP contribution in [0.5, 0.6) is 11.5 Å². The number of hydrogen-bond donors (Lipinski definition) is 0. The minimum Gasteiger partial charge on any atom is -0.493 e. The van der Waals surface area contributed by atoms with Crippen molar-refractivity contribution in [3.8, 4) is 34.3 Å². The first-order valence-electron chi connectivity index (χ1n) is 9.44. The van der Waals surface area contributed by atoms with E-state index in [1.54, 1.807) is 37.4 Å². The second kappa shape index (κ2) is 8.61. The van der Waals surface area contributed by atoms with Crippen LogP contribution in [0.25, 0.3) is 22.8 Å². The number of ketones is 1. The van der Waals surface area contributed by atoms with Crippen LogP contribution in [0.15, 0.2) is 77.3 Å². The molecule has 6 nitrogen and oxygen atoms in total. The molecule has 30 heavy (non-hydrogen) atoms. The van der Waals surface area contributed by atoms with Gasteiger partial charge in [-0.05, 0) is 37.3 Å². The van der Waals surface area contributed by atoms with Crippen molar-refractivity contribution in [1.29, 1.82) is 0 Å². The van der Waals surface area contributed by atoms with E-state index in [9.17, 15) is 4.79 Å². The van der Waals surface area contributed by atoms with Gasteiger partial charge in [-0.1, -0.05) is 53.2 Å². The molecule has 150 valence electrons. The number of methoxy groups -OCH3 is 1. The van der Waals surface area contributed by atoms with Gasteiger partial charge in [0.05, 0.1) is 7.11 Å². The Morgan fingerprint density at radius 1 is 0.933 bits per heavy atom. The van der Waals surface area contributed by atoms with Gasteiger partial charge < -0.3 is 14.0 Å². The topological polar surface area (TPSA) is 74.5 Å². The van der Waals surface area contributed by atoms with Crippen LogP contribution in [0.3, 0.4) is 0 Å². The van der Waals surface area contributed by atoms with Crippen LogP contribution in [0.2, 0.25) is 0 Å². The van der Waals surface area contributed by atoms with E-state index in [0.29, 0.717) is 28.8 Å². The minimum absolute atomic E-state index is 0.0839. The van der Waals surface area contributed by atoms with E-state index in [0.717, 1.165) is 16.7 Å². The number of ether oxygens (including phenoxy) is 2. The summed E-state index contributed by atoms with van der Waals surface area (Å²) in [6, 6.07) is 22.2. The average molecular weight is 400 g/mol. The minimum atomic E-state index is -0.109. The Kier molecular flexibility index (Phi) is 5.57. The van der Waals surface area contributed by atoms with E-state index in [2.05, 4.69) is 10.1 Å². The zero-order valence-electron chi connectivity index (χ0n) is 16.7. The maximum absolute atomic E-state index is 12.3. The number of aromatic nitrogens is 2. The summed E-state index contributed by atoms with van der Waals surface area (Å²) >= 11 is 0. The first kappa shape index (κ1) is 19.4. The Morgan fingerprint density at radius 2 is 1.77 bits per heavy atom. The van der Waals surface area contributed by atoms with Crippen molar-refractivity contribution in [2.75, 3.05) is 13.7 Å². The van der Waals surface area contributed by atoms with Gasteiger partial charge in [0.1, 0.15) is 0 Å². The van der Waals surface area contributed by atoms with E-state index in [4.69, 9.17) is 14.0 Å². The Morgan fingerprint density at radius 3 is 2.53 bits per heavy atom. The van der Waals surface area contributed by atoms with Crippen LogP contribution in [-0.2, 0) is 0 Å². The highest BCUT2D eigenvalue weighted by Crippen LogP contribution is 2.32. The first-order chi connectivity index (χ1) is 14.6. The van der Waals surface area contributed by atoms with Crippen LogP contribution in [0.1, 0.15) is 15.9 Å². The molecule has 0 amide bonds. The Bertz CT molecular complexity index is 1170.